The van der Waals surface area contributed by atoms with Gasteiger partial charge in [0.25, 0.3) is 5.56 Å². The van der Waals surface area contributed by atoms with E-state index in [1.807, 2.05) is 78.6 Å². The number of rotatable bonds is 4. The maximum atomic E-state index is 12.2. The lowest BCUT2D eigenvalue weighted by atomic mass is 9.98. The molecule has 1 saturated heterocycles. The van der Waals surface area contributed by atoms with E-state index in [-0.39, 0.29) is 23.8 Å². The van der Waals surface area contributed by atoms with E-state index in [0.717, 1.165) is 36.1 Å². The molecule has 1 aromatic heterocycles. The molecule has 2 aromatic carbocycles. The standard InChI is InChI=1S/C20H24N2O3.C6H6/c1-4-18(22-12-9-14(2)25-20(22)24)16-7-5-15(6-8-16)17-10-11-21(3)19(23)13-17;1-2-4-6-5-3-1/h5-8,10-11,13-14,18H,4,9,12H2,1-3H3;1-6H. The lowest BCUT2D eigenvalue weighted by Crippen LogP contribution is -2.43. The molecule has 0 bridgehead atoms. The van der Waals surface area contributed by atoms with Crippen LogP contribution in [0.4, 0.5) is 4.79 Å². The van der Waals surface area contributed by atoms with Crippen LogP contribution in [-0.2, 0) is 11.8 Å². The van der Waals surface area contributed by atoms with Crippen molar-refractivity contribution in [1.29, 1.82) is 0 Å². The highest BCUT2D eigenvalue weighted by atomic mass is 16.6. The van der Waals surface area contributed by atoms with E-state index in [4.69, 9.17) is 4.74 Å². The summed E-state index contributed by atoms with van der Waals surface area (Å²) in [4.78, 5) is 25.8. The molecule has 1 amide bonds. The highest BCUT2D eigenvalue weighted by molar-refractivity contribution is 5.69. The van der Waals surface area contributed by atoms with E-state index in [9.17, 15) is 9.59 Å². The second-order valence-electron chi connectivity index (χ2n) is 7.74. The average molecular weight is 419 g/mol. The molecule has 0 saturated carbocycles. The zero-order valence-corrected chi connectivity index (χ0v) is 18.4. The maximum absolute atomic E-state index is 12.2. The van der Waals surface area contributed by atoms with Crippen molar-refractivity contribution in [2.75, 3.05) is 6.54 Å². The fourth-order valence-corrected chi connectivity index (χ4v) is 3.64. The molecule has 162 valence electrons. The van der Waals surface area contributed by atoms with Gasteiger partial charge in [0.2, 0.25) is 0 Å². The molecule has 1 aliphatic rings. The Balaban J connectivity index is 0.000000391. The lowest BCUT2D eigenvalue weighted by molar-refractivity contribution is 0.0176. The molecule has 5 heteroatoms. The van der Waals surface area contributed by atoms with Crippen LogP contribution in [-0.4, -0.2) is 28.2 Å². The number of carbonyl (C=O) groups is 1. The van der Waals surface area contributed by atoms with E-state index in [0.29, 0.717) is 0 Å². The number of amides is 1. The number of aromatic nitrogens is 1. The first-order chi connectivity index (χ1) is 15.0. The van der Waals surface area contributed by atoms with Crippen LogP contribution in [0, 0.1) is 0 Å². The Hall–Kier alpha value is -3.34. The molecule has 5 nitrogen and oxygen atoms in total. The Labute approximate surface area is 183 Å². The third-order valence-electron chi connectivity index (χ3n) is 5.48. The van der Waals surface area contributed by atoms with Crippen molar-refractivity contribution in [1.82, 2.24) is 9.47 Å². The van der Waals surface area contributed by atoms with Crippen LogP contribution in [0.25, 0.3) is 11.1 Å². The first-order valence-electron chi connectivity index (χ1n) is 10.7. The summed E-state index contributed by atoms with van der Waals surface area (Å²) in [5.74, 6) is 0. The number of benzene rings is 2. The minimum absolute atomic E-state index is 0.00988. The van der Waals surface area contributed by atoms with Crippen molar-refractivity contribution in [2.45, 2.75) is 38.8 Å². The highest BCUT2D eigenvalue weighted by Crippen LogP contribution is 2.29. The number of pyridine rings is 1. The van der Waals surface area contributed by atoms with Crippen molar-refractivity contribution in [3.05, 3.63) is 94.9 Å². The van der Waals surface area contributed by atoms with Gasteiger partial charge in [0.05, 0.1) is 6.04 Å². The summed E-state index contributed by atoms with van der Waals surface area (Å²) in [6.07, 6.45) is 3.21. The largest absolute Gasteiger partial charge is 0.446 e. The molecule has 2 unspecified atom stereocenters. The van der Waals surface area contributed by atoms with Gasteiger partial charge in [-0.15, -0.1) is 0 Å². The van der Waals surface area contributed by atoms with Gasteiger partial charge in [0, 0.05) is 32.3 Å². The Morgan fingerprint density at radius 2 is 1.58 bits per heavy atom. The van der Waals surface area contributed by atoms with Crippen LogP contribution in [0.2, 0.25) is 0 Å². The molecule has 31 heavy (non-hydrogen) atoms. The van der Waals surface area contributed by atoms with E-state index in [2.05, 4.69) is 6.92 Å². The topological polar surface area (TPSA) is 51.5 Å². The van der Waals surface area contributed by atoms with Gasteiger partial charge in [-0.3, -0.25) is 4.79 Å². The van der Waals surface area contributed by atoms with Crippen LogP contribution < -0.4 is 5.56 Å². The molecule has 3 aromatic rings. The van der Waals surface area contributed by atoms with Gasteiger partial charge in [0.15, 0.2) is 0 Å². The van der Waals surface area contributed by atoms with Gasteiger partial charge in [0.1, 0.15) is 6.10 Å². The van der Waals surface area contributed by atoms with Crippen molar-refractivity contribution >= 4 is 6.09 Å². The number of aryl methyl sites for hydroxylation is 1. The van der Waals surface area contributed by atoms with Crippen LogP contribution in [0.5, 0.6) is 0 Å². The van der Waals surface area contributed by atoms with E-state index in [1.54, 1.807) is 23.9 Å². The molecule has 2 atom stereocenters. The number of hydrogen-bond acceptors (Lipinski definition) is 3. The van der Waals surface area contributed by atoms with E-state index in [1.165, 1.54) is 0 Å². The highest BCUT2D eigenvalue weighted by Gasteiger charge is 2.30. The maximum Gasteiger partial charge on any atom is 0.410 e. The van der Waals surface area contributed by atoms with Gasteiger partial charge in [-0.05, 0) is 36.1 Å². The molecule has 1 aliphatic heterocycles. The molecule has 1 fully saturated rings. The number of ether oxygens (including phenoxy) is 1. The quantitative estimate of drug-likeness (QED) is 0.568. The first-order valence-corrected chi connectivity index (χ1v) is 10.7. The molecule has 0 aliphatic carbocycles. The van der Waals surface area contributed by atoms with Gasteiger partial charge in [-0.2, -0.15) is 0 Å². The molecule has 0 N–H and O–H groups in total. The van der Waals surface area contributed by atoms with Crippen LogP contribution >= 0.6 is 0 Å². The predicted molar refractivity (Wildman–Crippen MR) is 124 cm³/mol. The minimum Gasteiger partial charge on any atom is -0.446 e. The summed E-state index contributed by atoms with van der Waals surface area (Å²) in [6, 6.07) is 23.7. The zero-order chi connectivity index (χ0) is 22.2. The van der Waals surface area contributed by atoms with Crippen LogP contribution in [0.3, 0.4) is 0 Å². The predicted octanol–water partition coefficient (Wildman–Crippen LogP) is 5.42. The number of carbonyl (C=O) groups excluding carboxylic acids is 1. The van der Waals surface area contributed by atoms with Gasteiger partial charge >= 0.3 is 6.09 Å². The van der Waals surface area contributed by atoms with E-state index < -0.39 is 0 Å². The third-order valence-corrected chi connectivity index (χ3v) is 5.48. The smallest absolute Gasteiger partial charge is 0.410 e. The Kier molecular flexibility index (Phi) is 7.65. The van der Waals surface area contributed by atoms with Crippen molar-refractivity contribution in [3.63, 3.8) is 0 Å². The second kappa shape index (κ2) is 10.6. The molecule has 0 spiro atoms. The number of hydrogen-bond donors (Lipinski definition) is 0. The number of nitrogens with zero attached hydrogens (tertiary/aromatic N) is 2. The van der Waals surface area contributed by atoms with Crippen molar-refractivity contribution < 1.29 is 9.53 Å². The molecule has 2 heterocycles. The van der Waals surface area contributed by atoms with Gasteiger partial charge < -0.3 is 14.2 Å². The summed E-state index contributed by atoms with van der Waals surface area (Å²) in [5, 5.41) is 0. The Bertz CT molecular complexity index is 1000. The summed E-state index contributed by atoms with van der Waals surface area (Å²) >= 11 is 0. The molecular formula is C26H30N2O3. The SMILES string of the molecule is CCC(c1ccc(-c2ccn(C)c(=O)c2)cc1)N1CCC(C)OC1=O.c1ccccc1. The molecule has 4 rings (SSSR count). The fourth-order valence-electron chi connectivity index (χ4n) is 3.64. The molecular weight excluding hydrogens is 388 g/mol. The minimum atomic E-state index is -0.235. The lowest BCUT2D eigenvalue weighted by Gasteiger charge is -2.36. The fraction of sp³-hybridized carbons (Fsp3) is 0.308. The Morgan fingerprint density at radius 1 is 0.968 bits per heavy atom. The monoisotopic (exact) mass is 418 g/mol. The Morgan fingerprint density at radius 3 is 2.10 bits per heavy atom. The van der Waals surface area contributed by atoms with Crippen LogP contribution in [0.1, 0.15) is 38.3 Å². The third kappa shape index (κ3) is 5.85. The van der Waals surface area contributed by atoms with Crippen molar-refractivity contribution in [2.24, 2.45) is 7.05 Å². The van der Waals surface area contributed by atoms with Crippen LogP contribution in [0.15, 0.2) is 83.8 Å². The van der Waals surface area contributed by atoms with Gasteiger partial charge in [-0.1, -0.05) is 67.6 Å². The average Bonchev–Trinajstić information content (AvgIpc) is 2.80. The summed E-state index contributed by atoms with van der Waals surface area (Å²) in [7, 11) is 1.74. The molecule has 0 radical (unpaired) electrons. The first kappa shape index (κ1) is 22.3. The number of cyclic esters (lactones) is 1. The normalized spacial score (nSPS) is 16.7. The van der Waals surface area contributed by atoms with Gasteiger partial charge in [-0.25, -0.2) is 4.79 Å². The summed E-state index contributed by atoms with van der Waals surface area (Å²) in [5.41, 5.74) is 2.94. The van der Waals surface area contributed by atoms with Crippen molar-refractivity contribution in [3.8, 4) is 11.1 Å². The van der Waals surface area contributed by atoms with E-state index >= 15 is 0 Å². The summed E-state index contributed by atoms with van der Waals surface area (Å²) < 4.78 is 6.92. The second-order valence-corrected chi connectivity index (χ2v) is 7.74. The zero-order valence-electron chi connectivity index (χ0n) is 18.4. The summed E-state index contributed by atoms with van der Waals surface area (Å²) in [6.45, 7) is 4.72.